The molecule has 2 N–H and O–H groups in total. The summed E-state index contributed by atoms with van der Waals surface area (Å²) < 4.78 is 5.02. The Morgan fingerprint density at radius 3 is 3.07 bits per heavy atom. The van der Waals surface area contributed by atoms with Crippen LogP contribution in [0.2, 0.25) is 0 Å². The number of aromatic nitrogens is 3. The summed E-state index contributed by atoms with van der Waals surface area (Å²) in [6.07, 6.45) is 3.43. The first-order chi connectivity index (χ1) is 7.38. The van der Waals surface area contributed by atoms with E-state index in [9.17, 15) is 0 Å². The highest BCUT2D eigenvalue weighted by Gasteiger charge is 1.97. The van der Waals surface area contributed by atoms with Crippen LogP contribution in [0.4, 0.5) is 5.69 Å². The molecule has 15 heavy (non-hydrogen) atoms. The Morgan fingerprint density at radius 1 is 1.40 bits per heavy atom. The molecule has 0 fully saturated rings. The molecule has 2 aromatic rings. The van der Waals surface area contributed by atoms with E-state index in [4.69, 9.17) is 4.74 Å². The number of pyridine rings is 1. The first-order valence-corrected chi connectivity index (χ1v) is 4.60. The van der Waals surface area contributed by atoms with Crippen LogP contribution >= 0.6 is 0 Å². The third kappa shape index (κ3) is 2.46. The van der Waals surface area contributed by atoms with Gasteiger partial charge in [0.15, 0.2) is 0 Å². The van der Waals surface area contributed by atoms with Gasteiger partial charge >= 0.3 is 0 Å². The fourth-order valence-corrected chi connectivity index (χ4v) is 1.21. The summed E-state index contributed by atoms with van der Waals surface area (Å²) in [5.41, 5.74) is 2.00. The molecule has 5 nitrogen and oxygen atoms in total. The van der Waals surface area contributed by atoms with E-state index in [0.717, 1.165) is 11.4 Å². The summed E-state index contributed by atoms with van der Waals surface area (Å²) in [4.78, 5) is 4.02. The molecule has 0 aliphatic carbocycles. The predicted molar refractivity (Wildman–Crippen MR) is 56.7 cm³/mol. The minimum atomic E-state index is 0.601. The van der Waals surface area contributed by atoms with E-state index < -0.39 is 0 Å². The molecule has 2 rings (SSSR count). The standard InChI is InChI=1S/C10H12N4O/c1-15-10-6-8(2-4-11-10)12-7-9-3-5-13-14-9/h2-6H,7H2,1H3,(H,11,12)(H,13,14). The Bertz CT molecular complexity index is 413. The minimum Gasteiger partial charge on any atom is -0.481 e. The summed E-state index contributed by atoms with van der Waals surface area (Å²) >= 11 is 0. The zero-order valence-corrected chi connectivity index (χ0v) is 8.40. The quantitative estimate of drug-likeness (QED) is 0.790. The van der Waals surface area contributed by atoms with Crippen LogP contribution in [0.15, 0.2) is 30.6 Å². The number of methoxy groups -OCH3 is 1. The van der Waals surface area contributed by atoms with E-state index in [2.05, 4.69) is 20.5 Å². The van der Waals surface area contributed by atoms with E-state index in [0.29, 0.717) is 12.4 Å². The van der Waals surface area contributed by atoms with Gasteiger partial charge in [0.25, 0.3) is 0 Å². The number of anilines is 1. The number of rotatable bonds is 4. The SMILES string of the molecule is COc1cc(NCc2ccn[nH]2)ccn1. The van der Waals surface area contributed by atoms with Gasteiger partial charge in [0.05, 0.1) is 19.3 Å². The number of H-pyrrole nitrogens is 1. The molecule has 2 heterocycles. The lowest BCUT2D eigenvalue weighted by Crippen LogP contribution is -2.00. The molecule has 0 bridgehead atoms. The molecule has 5 heteroatoms. The highest BCUT2D eigenvalue weighted by Crippen LogP contribution is 2.13. The van der Waals surface area contributed by atoms with Crippen molar-refractivity contribution in [3.05, 3.63) is 36.3 Å². The molecule has 2 aromatic heterocycles. The molecule has 0 unspecified atom stereocenters. The van der Waals surface area contributed by atoms with Crippen molar-refractivity contribution >= 4 is 5.69 Å². The monoisotopic (exact) mass is 204 g/mol. The molecule has 0 radical (unpaired) electrons. The lowest BCUT2D eigenvalue weighted by atomic mass is 10.3. The highest BCUT2D eigenvalue weighted by molar-refractivity contribution is 5.45. The van der Waals surface area contributed by atoms with Crippen LogP contribution in [0.1, 0.15) is 5.69 Å². The fraction of sp³-hybridized carbons (Fsp3) is 0.200. The van der Waals surface area contributed by atoms with Gasteiger partial charge in [-0.05, 0) is 12.1 Å². The van der Waals surface area contributed by atoms with E-state index >= 15 is 0 Å². The molecule has 0 saturated carbocycles. The summed E-state index contributed by atoms with van der Waals surface area (Å²) in [5.74, 6) is 0.601. The van der Waals surface area contributed by atoms with Gasteiger partial charge in [0.1, 0.15) is 0 Å². The lowest BCUT2D eigenvalue weighted by molar-refractivity contribution is 0.398. The molecule has 0 atom stereocenters. The number of nitrogens with zero attached hydrogens (tertiary/aromatic N) is 2. The van der Waals surface area contributed by atoms with Gasteiger partial charge in [-0.25, -0.2) is 4.98 Å². The maximum absolute atomic E-state index is 5.02. The zero-order chi connectivity index (χ0) is 10.5. The molecule has 78 valence electrons. The summed E-state index contributed by atoms with van der Waals surface area (Å²) in [6.45, 7) is 0.702. The number of aromatic amines is 1. The van der Waals surface area contributed by atoms with Crippen molar-refractivity contribution in [2.75, 3.05) is 12.4 Å². The van der Waals surface area contributed by atoms with Gasteiger partial charge in [-0.3, -0.25) is 5.10 Å². The molecular formula is C10H12N4O. The van der Waals surface area contributed by atoms with Gasteiger partial charge < -0.3 is 10.1 Å². The first-order valence-electron chi connectivity index (χ1n) is 4.60. The molecule has 0 amide bonds. The van der Waals surface area contributed by atoms with Crippen LogP contribution in [-0.2, 0) is 6.54 Å². The van der Waals surface area contributed by atoms with Crippen molar-refractivity contribution < 1.29 is 4.74 Å². The first kappa shape index (κ1) is 9.51. The molecule has 0 saturated heterocycles. The van der Waals surface area contributed by atoms with Crippen molar-refractivity contribution in [2.45, 2.75) is 6.54 Å². The van der Waals surface area contributed by atoms with Crippen molar-refractivity contribution in [1.29, 1.82) is 0 Å². The van der Waals surface area contributed by atoms with E-state index in [1.54, 1.807) is 19.5 Å². The molecule has 0 aliphatic heterocycles. The lowest BCUT2D eigenvalue weighted by Gasteiger charge is -2.05. The zero-order valence-electron chi connectivity index (χ0n) is 8.40. The summed E-state index contributed by atoms with van der Waals surface area (Å²) in [5, 5.41) is 9.97. The Balaban J connectivity index is 1.98. The van der Waals surface area contributed by atoms with Gasteiger partial charge in [0, 0.05) is 24.1 Å². The predicted octanol–water partition coefficient (Wildman–Crippen LogP) is 1.43. The number of ether oxygens (including phenoxy) is 1. The van der Waals surface area contributed by atoms with Crippen molar-refractivity contribution in [1.82, 2.24) is 15.2 Å². The van der Waals surface area contributed by atoms with Crippen molar-refractivity contribution in [2.24, 2.45) is 0 Å². The average molecular weight is 204 g/mol. The van der Waals surface area contributed by atoms with Crippen LogP contribution in [0.25, 0.3) is 0 Å². The largest absolute Gasteiger partial charge is 0.481 e. The Labute approximate surface area is 87.5 Å². The second-order valence-electron chi connectivity index (χ2n) is 3.02. The van der Waals surface area contributed by atoms with E-state index in [1.165, 1.54) is 0 Å². The van der Waals surface area contributed by atoms with Crippen molar-refractivity contribution in [3.8, 4) is 5.88 Å². The Hall–Kier alpha value is -2.04. The number of hydrogen-bond donors (Lipinski definition) is 2. The molecular weight excluding hydrogens is 192 g/mol. The Kier molecular flexibility index (Phi) is 2.82. The summed E-state index contributed by atoms with van der Waals surface area (Å²) in [6, 6.07) is 5.65. The topological polar surface area (TPSA) is 62.8 Å². The van der Waals surface area contributed by atoms with Crippen LogP contribution in [0, 0.1) is 0 Å². The second-order valence-corrected chi connectivity index (χ2v) is 3.02. The van der Waals surface area contributed by atoms with E-state index in [-0.39, 0.29) is 0 Å². The van der Waals surface area contributed by atoms with Gasteiger partial charge in [-0.15, -0.1) is 0 Å². The van der Waals surface area contributed by atoms with E-state index in [1.807, 2.05) is 18.2 Å². The van der Waals surface area contributed by atoms with Crippen LogP contribution < -0.4 is 10.1 Å². The van der Waals surface area contributed by atoms with Gasteiger partial charge in [-0.1, -0.05) is 0 Å². The van der Waals surface area contributed by atoms with Crippen LogP contribution in [-0.4, -0.2) is 22.3 Å². The van der Waals surface area contributed by atoms with Gasteiger partial charge in [-0.2, -0.15) is 5.10 Å². The normalized spacial score (nSPS) is 9.93. The minimum absolute atomic E-state index is 0.601. The number of hydrogen-bond acceptors (Lipinski definition) is 4. The third-order valence-electron chi connectivity index (χ3n) is 1.99. The number of nitrogens with one attached hydrogen (secondary N) is 2. The Morgan fingerprint density at radius 2 is 2.33 bits per heavy atom. The molecule has 0 aliphatic rings. The third-order valence-corrected chi connectivity index (χ3v) is 1.99. The average Bonchev–Trinajstić information content (AvgIpc) is 2.79. The van der Waals surface area contributed by atoms with Gasteiger partial charge in [0.2, 0.25) is 5.88 Å². The van der Waals surface area contributed by atoms with Crippen molar-refractivity contribution in [3.63, 3.8) is 0 Å². The highest BCUT2D eigenvalue weighted by atomic mass is 16.5. The second kappa shape index (κ2) is 4.45. The van der Waals surface area contributed by atoms with Crippen LogP contribution in [0.3, 0.4) is 0 Å². The summed E-state index contributed by atoms with van der Waals surface area (Å²) in [7, 11) is 1.60. The maximum atomic E-state index is 5.02. The molecule has 0 aromatic carbocycles. The molecule has 0 spiro atoms. The van der Waals surface area contributed by atoms with Crippen LogP contribution in [0.5, 0.6) is 5.88 Å². The fourth-order valence-electron chi connectivity index (χ4n) is 1.21. The maximum Gasteiger partial charge on any atom is 0.214 e. The smallest absolute Gasteiger partial charge is 0.214 e.